The molecular weight excluding hydrogens is 246 g/mol. The topological polar surface area (TPSA) is 18.5 Å². The standard InChI is InChI=1S/C17H37N3/c1-8-17(5,13-18-16(2,3)4)14-19(6)12-15-10-9-11-20(15)7/h15,18H,8-14H2,1-7H3. The summed E-state index contributed by atoms with van der Waals surface area (Å²) in [5.74, 6) is 0. The lowest BCUT2D eigenvalue weighted by Gasteiger charge is -2.37. The molecule has 0 spiro atoms. The average Bonchev–Trinajstić information content (AvgIpc) is 2.72. The van der Waals surface area contributed by atoms with Crippen molar-refractivity contribution in [3.63, 3.8) is 0 Å². The molecule has 0 aliphatic carbocycles. The van der Waals surface area contributed by atoms with Gasteiger partial charge in [0.15, 0.2) is 0 Å². The van der Waals surface area contributed by atoms with Crippen molar-refractivity contribution in [1.82, 2.24) is 15.1 Å². The maximum atomic E-state index is 3.68. The Kier molecular flexibility index (Phi) is 6.49. The fourth-order valence-electron chi connectivity index (χ4n) is 3.06. The quantitative estimate of drug-likeness (QED) is 0.775. The largest absolute Gasteiger partial charge is 0.311 e. The van der Waals surface area contributed by atoms with Crippen LogP contribution in [-0.2, 0) is 0 Å². The van der Waals surface area contributed by atoms with Crippen molar-refractivity contribution in [3.05, 3.63) is 0 Å². The van der Waals surface area contributed by atoms with E-state index in [0.717, 1.165) is 12.6 Å². The van der Waals surface area contributed by atoms with Crippen molar-refractivity contribution in [1.29, 1.82) is 0 Å². The second-order valence-corrected chi connectivity index (χ2v) is 8.24. The number of hydrogen-bond acceptors (Lipinski definition) is 3. The monoisotopic (exact) mass is 283 g/mol. The number of nitrogens with zero attached hydrogens (tertiary/aromatic N) is 2. The molecule has 0 aromatic rings. The zero-order valence-corrected chi connectivity index (χ0v) is 14.9. The summed E-state index contributed by atoms with van der Waals surface area (Å²) in [7, 11) is 4.56. The van der Waals surface area contributed by atoms with Crippen molar-refractivity contribution >= 4 is 0 Å². The summed E-state index contributed by atoms with van der Waals surface area (Å²) in [6.07, 6.45) is 3.95. The summed E-state index contributed by atoms with van der Waals surface area (Å²) in [4.78, 5) is 5.06. The lowest BCUT2D eigenvalue weighted by molar-refractivity contribution is 0.142. The average molecular weight is 284 g/mol. The predicted molar refractivity (Wildman–Crippen MR) is 89.3 cm³/mol. The fraction of sp³-hybridized carbons (Fsp3) is 1.00. The minimum atomic E-state index is 0.209. The Labute approximate surface area is 127 Å². The SMILES string of the molecule is CCC(C)(CNC(C)(C)C)CN(C)CC1CCCN1C. The van der Waals surface area contributed by atoms with E-state index in [4.69, 9.17) is 0 Å². The van der Waals surface area contributed by atoms with Gasteiger partial charge >= 0.3 is 0 Å². The third kappa shape index (κ3) is 6.11. The van der Waals surface area contributed by atoms with E-state index >= 15 is 0 Å². The Morgan fingerprint density at radius 2 is 1.90 bits per heavy atom. The molecule has 120 valence electrons. The summed E-state index contributed by atoms with van der Waals surface area (Å²) in [6.45, 7) is 16.2. The van der Waals surface area contributed by atoms with E-state index in [0.29, 0.717) is 5.41 Å². The molecular formula is C17H37N3. The van der Waals surface area contributed by atoms with Crippen LogP contribution in [0.15, 0.2) is 0 Å². The highest BCUT2D eigenvalue weighted by Gasteiger charge is 2.28. The first-order chi connectivity index (χ1) is 9.15. The molecule has 0 radical (unpaired) electrons. The normalized spacial score (nSPS) is 24.3. The first-order valence-electron chi connectivity index (χ1n) is 8.29. The molecule has 0 amide bonds. The van der Waals surface area contributed by atoms with E-state index in [1.165, 1.54) is 38.9 Å². The van der Waals surface area contributed by atoms with Gasteiger partial charge in [-0.05, 0) is 66.1 Å². The third-order valence-electron chi connectivity index (χ3n) is 4.74. The molecule has 0 bridgehead atoms. The molecule has 2 unspecified atom stereocenters. The number of hydrogen-bond donors (Lipinski definition) is 1. The van der Waals surface area contributed by atoms with Crippen molar-refractivity contribution in [3.8, 4) is 0 Å². The second-order valence-electron chi connectivity index (χ2n) is 8.24. The predicted octanol–water partition coefficient (Wildman–Crippen LogP) is 2.82. The highest BCUT2D eigenvalue weighted by molar-refractivity contribution is 4.85. The minimum absolute atomic E-state index is 0.209. The Balaban J connectivity index is 2.45. The van der Waals surface area contributed by atoms with Gasteiger partial charge in [0, 0.05) is 31.2 Å². The van der Waals surface area contributed by atoms with E-state index < -0.39 is 0 Å². The second kappa shape index (κ2) is 7.24. The molecule has 2 atom stereocenters. The lowest BCUT2D eigenvalue weighted by atomic mass is 9.86. The van der Waals surface area contributed by atoms with Crippen LogP contribution in [-0.4, -0.2) is 61.7 Å². The van der Waals surface area contributed by atoms with Crippen LogP contribution in [0.3, 0.4) is 0 Å². The van der Waals surface area contributed by atoms with Crippen molar-refractivity contribution in [2.75, 3.05) is 40.3 Å². The molecule has 1 aliphatic rings. The van der Waals surface area contributed by atoms with E-state index in [1.54, 1.807) is 0 Å². The van der Waals surface area contributed by atoms with Crippen molar-refractivity contribution in [2.24, 2.45) is 5.41 Å². The highest BCUT2D eigenvalue weighted by Crippen LogP contribution is 2.23. The Bertz CT molecular complexity index is 284. The van der Waals surface area contributed by atoms with Gasteiger partial charge in [-0.15, -0.1) is 0 Å². The summed E-state index contributed by atoms with van der Waals surface area (Å²) in [6, 6.07) is 0.761. The maximum absolute atomic E-state index is 3.68. The van der Waals surface area contributed by atoms with E-state index in [-0.39, 0.29) is 5.54 Å². The van der Waals surface area contributed by atoms with Gasteiger partial charge in [0.05, 0.1) is 0 Å². The van der Waals surface area contributed by atoms with E-state index in [9.17, 15) is 0 Å². The Morgan fingerprint density at radius 1 is 1.25 bits per heavy atom. The lowest BCUT2D eigenvalue weighted by Crippen LogP contribution is -2.48. The molecule has 0 aromatic heterocycles. The Hall–Kier alpha value is -0.120. The summed E-state index contributed by atoms with van der Waals surface area (Å²) in [5, 5.41) is 3.68. The highest BCUT2D eigenvalue weighted by atomic mass is 15.2. The van der Waals surface area contributed by atoms with Gasteiger partial charge in [-0.2, -0.15) is 0 Å². The summed E-state index contributed by atoms with van der Waals surface area (Å²) < 4.78 is 0. The molecule has 1 rings (SSSR count). The first kappa shape index (κ1) is 17.9. The van der Waals surface area contributed by atoms with Crippen molar-refractivity contribution in [2.45, 2.75) is 65.5 Å². The van der Waals surface area contributed by atoms with Gasteiger partial charge < -0.3 is 15.1 Å². The third-order valence-corrected chi connectivity index (χ3v) is 4.74. The molecule has 3 nitrogen and oxygen atoms in total. The van der Waals surface area contributed by atoms with Gasteiger partial charge in [-0.1, -0.05) is 13.8 Å². The maximum Gasteiger partial charge on any atom is 0.0220 e. The molecule has 0 saturated carbocycles. The zero-order chi connectivity index (χ0) is 15.4. The van der Waals surface area contributed by atoms with E-state index in [1.807, 2.05) is 0 Å². The molecule has 1 aliphatic heterocycles. The molecule has 1 heterocycles. The Morgan fingerprint density at radius 3 is 2.35 bits per heavy atom. The summed E-state index contributed by atoms with van der Waals surface area (Å²) >= 11 is 0. The summed E-state index contributed by atoms with van der Waals surface area (Å²) in [5.41, 5.74) is 0.569. The van der Waals surface area contributed by atoms with Gasteiger partial charge in [0.25, 0.3) is 0 Å². The zero-order valence-electron chi connectivity index (χ0n) is 14.9. The number of rotatable bonds is 7. The van der Waals surface area contributed by atoms with Crippen LogP contribution in [0.25, 0.3) is 0 Å². The van der Waals surface area contributed by atoms with Crippen molar-refractivity contribution < 1.29 is 0 Å². The fourth-order valence-corrected chi connectivity index (χ4v) is 3.06. The molecule has 1 fully saturated rings. The first-order valence-corrected chi connectivity index (χ1v) is 8.29. The number of nitrogens with one attached hydrogen (secondary N) is 1. The molecule has 1 saturated heterocycles. The minimum Gasteiger partial charge on any atom is -0.311 e. The van der Waals surface area contributed by atoms with Gasteiger partial charge in [0.1, 0.15) is 0 Å². The molecule has 3 heteroatoms. The molecule has 20 heavy (non-hydrogen) atoms. The van der Waals surface area contributed by atoms with Crippen LogP contribution in [0, 0.1) is 5.41 Å². The van der Waals surface area contributed by atoms with E-state index in [2.05, 4.69) is 63.8 Å². The van der Waals surface area contributed by atoms with Gasteiger partial charge in [-0.3, -0.25) is 0 Å². The van der Waals surface area contributed by atoms with Crippen LogP contribution in [0.2, 0.25) is 0 Å². The number of likely N-dealkylation sites (tertiary alicyclic amines) is 1. The van der Waals surface area contributed by atoms with Crippen LogP contribution >= 0.6 is 0 Å². The van der Waals surface area contributed by atoms with Crippen LogP contribution in [0.4, 0.5) is 0 Å². The van der Waals surface area contributed by atoms with Crippen LogP contribution in [0.5, 0.6) is 0 Å². The molecule has 0 aromatic carbocycles. The number of likely N-dealkylation sites (N-methyl/N-ethyl adjacent to an activating group) is 2. The van der Waals surface area contributed by atoms with Gasteiger partial charge in [0.2, 0.25) is 0 Å². The van der Waals surface area contributed by atoms with Crippen LogP contribution < -0.4 is 5.32 Å². The van der Waals surface area contributed by atoms with Gasteiger partial charge in [-0.25, -0.2) is 0 Å². The van der Waals surface area contributed by atoms with Crippen LogP contribution in [0.1, 0.15) is 53.9 Å². The smallest absolute Gasteiger partial charge is 0.0220 e. The molecule has 1 N–H and O–H groups in total.